The van der Waals surface area contributed by atoms with Gasteiger partial charge in [-0.3, -0.25) is 0 Å². The molecular weight excluding hydrogens is 327 g/mol. The quantitative estimate of drug-likeness (QED) is 0.921. The summed E-state index contributed by atoms with van der Waals surface area (Å²) in [5.41, 5.74) is -0.938. The molecule has 1 fully saturated rings. The van der Waals surface area contributed by atoms with Crippen LogP contribution in [-0.2, 0) is 6.18 Å². The van der Waals surface area contributed by atoms with E-state index in [1.165, 1.54) is 11.3 Å². The molecule has 23 heavy (non-hydrogen) atoms. The molecule has 0 unspecified atom stereocenters. The van der Waals surface area contributed by atoms with Crippen molar-refractivity contribution < 1.29 is 18.3 Å². The molecule has 0 aromatic carbocycles. The van der Waals surface area contributed by atoms with Gasteiger partial charge in [-0.05, 0) is 36.8 Å². The van der Waals surface area contributed by atoms with Gasteiger partial charge in [-0.25, -0.2) is 9.97 Å². The minimum absolute atomic E-state index is 0.0596. The highest BCUT2D eigenvalue weighted by Gasteiger charge is 2.35. The molecule has 0 radical (unpaired) electrons. The van der Waals surface area contributed by atoms with Crippen molar-refractivity contribution >= 4 is 17.3 Å². The molecule has 4 nitrogen and oxygen atoms in total. The highest BCUT2D eigenvalue weighted by Crippen LogP contribution is 2.33. The molecule has 0 saturated carbocycles. The highest BCUT2D eigenvalue weighted by atomic mass is 32.1. The third-order valence-corrected chi connectivity index (χ3v) is 4.91. The van der Waals surface area contributed by atoms with E-state index in [-0.39, 0.29) is 12.0 Å². The lowest BCUT2D eigenvalue weighted by molar-refractivity contribution is -0.141. The number of aliphatic hydroxyl groups excluding tert-OH is 1. The molecule has 1 saturated heterocycles. The maximum absolute atomic E-state index is 12.8. The summed E-state index contributed by atoms with van der Waals surface area (Å²) in [4.78, 5) is 10.3. The van der Waals surface area contributed by atoms with Gasteiger partial charge in [0.1, 0.15) is 5.69 Å². The Bertz CT molecular complexity index is 648. The largest absolute Gasteiger partial charge is 0.433 e. The molecule has 3 rings (SSSR count). The van der Waals surface area contributed by atoms with E-state index < -0.39 is 18.0 Å². The third kappa shape index (κ3) is 3.64. The summed E-state index contributed by atoms with van der Waals surface area (Å²) < 4.78 is 38.4. The van der Waals surface area contributed by atoms with Crippen LogP contribution in [0.1, 0.15) is 35.9 Å². The van der Waals surface area contributed by atoms with E-state index in [4.69, 9.17) is 0 Å². The molecule has 1 aliphatic heterocycles. The molecule has 124 valence electrons. The minimum atomic E-state index is -4.48. The van der Waals surface area contributed by atoms with Gasteiger partial charge in [0.2, 0.25) is 5.95 Å². The first kappa shape index (κ1) is 16.2. The van der Waals surface area contributed by atoms with Crippen LogP contribution in [0.4, 0.5) is 19.1 Å². The zero-order valence-corrected chi connectivity index (χ0v) is 13.0. The van der Waals surface area contributed by atoms with Crippen LogP contribution in [0.25, 0.3) is 0 Å². The van der Waals surface area contributed by atoms with Gasteiger partial charge in [-0.15, -0.1) is 11.3 Å². The van der Waals surface area contributed by atoms with Gasteiger partial charge < -0.3 is 10.0 Å². The molecule has 3 heterocycles. The van der Waals surface area contributed by atoms with Gasteiger partial charge in [0.25, 0.3) is 0 Å². The summed E-state index contributed by atoms with van der Waals surface area (Å²) in [6.45, 7) is 0.600. The summed E-state index contributed by atoms with van der Waals surface area (Å²) in [6.07, 6.45) is -1.85. The van der Waals surface area contributed by atoms with Crippen LogP contribution in [0.3, 0.4) is 0 Å². The number of rotatable bonds is 4. The second kappa shape index (κ2) is 6.45. The smallest absolute Gasteiger partial charge is 0.387 e. The Morgan fingerprint density at radius 2 is 2.22 bits per heavy atom. The second-order valence-electron chi connectivity index (χ2n) is 5.50. The van der Waals surface area contributed by atoms with Crippen LogP contribution in [-0.4, -0.2) is 27.7 Å². The second-order valence-corrected chi connectivity index (χ2v) is 6.48. The fourth-order valence-electron chi connectivity index (χ4n) is 2.84. The van der Waals surface area contributed by atoms with E-state index in [2.05, 4.69) is 9.97 Å². The van der Waals surface area contributed by atoms with Gasteiger partial charge in [-0.1, -0.05) is 6.07 Å². The summed E-state index contributed by atoms with van der Waals surface area (Å²) in [5, 5.41) is 12.2. The molecule has 0 bridgehead atoms. The van der Waals surface area contributed by atoms with Crippen molar-refractivity contribution in [2.45, 2.75) is 37.6 Å². The lowest BCUT2D eigenvalue weighted by Gasteiger charge is -2.26. The normalized spacial score (nSPS) is 20.0. The van der Waals surface area contributed by atoms with Gasteiger partial charge in [0.15, 0.2) is 0 Å². The van der Waals surface area contributed by atoms with Crippen LogP contribution in [0.2, 0.25) is 0 Å². The maximum atomic E-state index is 12.8. The fourth-order valence-corrected chi connectivity index (χ4v) is 3.57. The number of halogens is 3. The predicted octanol–water partition coefficient (Wildman–Crippen LogP) is 3.65. The molecule has 2 aromatic rings. The first-order valence-electron chi connectivity index (χ1n) is 7.33. The van der Waals surface area contributed by atoms with Crippen LogP contribution >= 0.6 is 11.3 Å². The number of aliphatic hydroxyl groups is 1. The Balaban J connectivity index is 1.76. The Hall–Kier alpha value is -1.67. The van der Waals surface area contributed by atoms with Crippen molar-refractivity contribution in [2.24, 2.45) is 0 Å². The average molecular weight is 343 g/mol. The first-order chi connectivity index (χ1) is 10.9. The number of hydrogen-bond donors (Lipinski definition) is 1. The van der Waals surface area contributed by atoms with Crippen molar-refractivity contribution in [2.75, 3.05) is 11.4 Å². The Labute approximate surface area is 135 Å². The monoisotopic (exact) mass is 343 g/mol. The standard InChI is InChI=1S/C15H16F3N3OS/c16-15(17,18)13-5-6-19-14(20-13)21-7-1-3-10(21)9-11(22)12-4-2-8-23-12/h2,4-6,8,10-11,22H,1,3,7,9H2/t10-,11-/m1/s1. The number of nitrogens with zero attached hydrogens (tertiary/aromatic N) is 3. The van der Waals surface area contributed by atoms with Crippen molar-refractivity contribution in [1.82, 2.24) is 9.97 Å². The summed E-state index contributed by atoms with van der Waals surface area (Å²) >= 11 is 1.47. The van der Waals surface area contributed by atoms with Crippen LogP contribution in [0.5, 0.6) is 0 Å². The van der Waals surface area contributed by atoms with Crippen LogP contribution in [0, 0.1) is 0 Å². The molecule has 2 atom stereocenters. The summed E-state index contributed by atoms with van der Waals surface area (Å²) in [6, 6.07) is 4.53. The number of anilines is 1. The molecule has 2 aromatic heterocycles. The summed E-state index contributed by atoms with van der Waals surface area (Å²) in [5.74, 6) is 0.0840. The van der Waals surface area contributed by atoms with Crippen molar-refractivity contribution in [3.63, 3.8) is 0 Å². The van der Waals surface area contributed by atoms with Gasteiger partial charge in [0, 0.05) is 23.7 Å². The fraction of sp³-hybridized carbons (Fsp3) is 0.467. The molecule has 1 N–H and O–H groups in total. The van der Waals surface area contributed by atoms with Crippen molar-refractivity contribution in [3.8, 4) is 0 Å². The molecule has 8 heteroatoms. The van der Waals surface area contributed by atoms with Crippen LogP contribution < -0.4 is 4.90 Å². The zero-order chi connectivity index (χ0) is 16.4. The lowest BCUT2D eigenvalue weighted by Crippen LogP contribution is -2.32. The topological polar surface area (TPSA) is 49.2 Å². The molecule has 0 amide bonds. The number of hydrogen-bond acceptors (Lipinski definition) is 5. The molecule has 0 aliphatic carbocycles. The zero-order valence-electron chi connectivity index (χ0n) is 12.2. The first-order valence-corrected chi connectivity index (χ1v) is 8.21. The number of aromatic nitrogens is 2. The van der Waals surface area contributed by atoms with Gasteiger partial charge in [0.05, 0.1) is 6.10 Å². The average Bonchev–Trinajstić information content (AvgIpc) is 3.18. The van der Waals surface area contributed by atoms with Crippen LogP contribution in [0.15, 0.2) is 29.8 Å². The SMILES string of the molecule is O[C@H](C[C@H]1CCCN1c1nccc(C(F)(F)F)n1)c1cccs1. The Kier molecular flexibility index (Phi) is 4.54. The van der Waals surface area contributed by atoms with E-state index in [0.717, 1.165) is 30.0 Å². The van der Waals surface area contributed by atoms with E-state index >= 15 is 0 Å². The molecule has 1 aliphatic rings. The highest BCUT2D eigenvalue weighted by molar-refractivity contribution is 7.10. The molecular formula is C15H16F3N3OS. The predicted molar refractivity (Wildman–Crippen MR) is 81.3 cm³/mol. The number of thiophene rings is 1. The number of alkyl halides is 3. The van der Waals surface area contributed by atoms with E-state index in [1.807, 2.05) is 17.5 Å². The van der Waals surface area contributed by atoms with Crippen molar-refractivity contribution in [1.29, 1.82) is 0 Å². The Morgan fingerprint density at radius 1 is 1.39 bits per heavy atom. The van der Waals surface area contributed by atoms with E-state index in [0.29, 0.717) is 13.0 Å². The van der Waals surface area contributed by atoms with E-state index in [1.54, 1.807) is 4.90 Å². The third-order valence-electron chi connectivity index (χ3n) is 3.93. The summed E-state index contributed by atoms with van der Waals surface area (Å²) in [7, 11) is 0. The Morgan fingerprint density at radius 3 is 2.91 bits per heavy atom. The van der Waals surface area contributed by atoms with Gasteiger partial charge in [-0.2, -0.15) is 13.2 Å². The molecule has 0 spiro atoms. The maximum Gasteiger partial charge on any atom is 0.433 e. The van der Waals surface area contributed by atoms with Crippen molar-refractivity contribution in [3.05, 3.63) is 40.3 Å². The van der Waals surface area contributed by atoms with Gasteiger partial charge >= 0.3 is 6.18 Å². The van der Waals surface area contributed by atoms with E-state index in [9.17, 15) is 18.3 Å². The minimum Gasteiger partial charge on any atom is -0.387 e. The lowest BCUT2D eigenvalue weighted by atomic mass is 10.1.